The van der Waals surface area contributed by atoms with Gasteiger partial charge in [0.15, 0.2) is 5.69 Å². The van der Waals surface area contributed by atoms with E-state index in [2.05, 4.69) is 20.7 Å². The highest BCUT2D eigenvalue weighted by molar-refractivity contribution is 7.13. The summed E-state index contributed by atoms with van der Waals surface area (Å²) in [7, 11) is 0. The Hall–Kier alpha value is -3.33. The summed E-state index contributed by atoms with van der Waals surface area (Å²) in [4.78, 5) is 23.3. The first-order valence-electron chi connectivity index (χ1n) is 7.23. The minimum Gasteiger partial charge on any atom is -0.276 e. The third-order valence-electron chi connectivity index (χ3n) is 3.42. The van der Waals surface area contributed by atoms with Gasteiger partial charge < -0.3 is 0 Å². The van der Waals surface area contributed by atoms with Gasteiger partial charge >= 0.3 is 0 Å². The van der Waals surface area contributed by atoms with Crippen molar-refractivity contribution in [3.8, 4) is 10.6 Å². The molecule has 0 saturated heterocycles. The first-order valence-corrected chi connectivity index (χ1v) is 8.11. The molecule has 0 aliphatic heterocycles. The first-order chi connectivity index (χ1) is 12.0. The number of nitrogens with one attached hydrogen (secondary N) is 2. The molecule has 0 spiro atoms. The first kappa shape index (κ1) is 16.5. The highest BCUT2D eigenvalue weighted by Gasteiger charge is 2.12. The number of thiophene rings is 1. The van der Waals surface area contributed by atoms with Crippen LogP contribution in [-0.4, -0.2) is 26.7 Å². The molecule has 126 valence electrons. The van der Waals surface area contributed by atoms with Crippen molar-refractivity contribution < 1.29 is 9.72 Å². The molecule has 0 unspecified atom stereocenters. The predicted molar refractivity (Wildman–Crippen MR) is 94.7 cm³/mol. The van der Waals surface area contributed by atoms with E-state index in [-0.39, 0.29) is 11.4 Å². The fourth-order valence-electron chi connectivity index (χ4n) is 2.08. The Morgan fingerprint density at radius 3 is 2.72 bits per heavy atom. The van der Waals surface area contributed by atoms with E-state index in [1.54, 1.807) is 36.5 Å². The summed E-state index contributed by atoms with van der Waals surface area (Å²) in [5.74, 6) is -0.444. The van der Waals surface area contributed by atoms with E-state index in [9.17, 15) is 14.9 Å². The van der Waals surface area contributed by atoms with Gasteiger partial charge in [0.2, 0.25) is 0 Å². The maximum absolute atomic E-state index is 12.1. The number of carbonyl (C=O) groups excluding carboxylic acids is 1. The van der Waals surface area contributed by atoms with E-state index in [4.69, 9.17) is 0 Å². The molecule has 2 N–H and O–H groups in total. The Morgan fingerprint density at radius 2 is 2.08 bits per heavy atom. The van der Waals surface area contributed by atoms with Crippen LogP contribution in [0, 0.1) is 10.1 Å². The average molecular weight is 355 g/mol. The van der Waals surface area contributed by atoms with Crippen LogP contribution in [0.5, 0.6) is 0 Å². The smallest absolute Gasteiger partial charge is 0.276 e. The van der Waals surface area contributed by atoms with Crippen molar-refractivity contribution in [1.29, 1.82) is 0 Å². The number of nitrogens with zero attached hydrogens (tertiary/aromatic N) is 3. The number of amides is 1. The van der Waals surface area contributed by atoms with E-state index >= 15 is 0 Å². The van der Waals surface area contributed by atoms with Crippen LogP contribution in [-0.2, 0) is 0 Å². The molecule has 1 amide bonds. The number of rotatable bonds is 5. The number of carbonyl (C=O) groups is 1. The number of benzene rings is 1. The van der Waals surface area contributed by atoms with Crippen molar-refractivity contribution in [3.05, 3.63) is 69.2 Å². The number of non-ortho nitro benzene ring substituents is 1. The molecule has 3 aromatic rings. The zero-order chi connectivity index (χ0) is 17.8. The third kappa shape index (κ3) is 3.78. The van der Waals surface area contributed by atoms with Gasteiger partial charge in [-0.1, -0.05) is 6.07 Å². The van der Waals surface area contributed by atoms with Gasteiger partial charge in [-0.2, -0.15) is 10.2 Å². The second-order valence-corrected chi connectivity index (χ2v) is 6.03. The summed E-state index contributed by atoms with van der Waals surface area (Å²) in [5.41, 5.74) is 4.61. The highest BCUT2D eigenvalue weighted by atomic mass is 32.1. The summed E-state index contributed by atoms with van der Waals surface area (Å²) in [6.07, 6.45) is 0. The number of aromatic nitrogens is 2. The molecule has 8 nitrogen and oxygen atoms in total. The molecule has 0 radical (unpaired) electrons. The van der Waals surface area contributed by atoms with Crippen LogP contribution in [0.15, 0.2) is 52.9 Å². The summed E-state index contributed by atoms with van der Waals surface area (Å²) in [6, 6.07) is 11.4. The van der Waals surface area contributed by atoms with Crippen LogP contribution in [0.3, 0.4) is 0 Å². The fraction of sp³-hybridized carbons (Fsp3) is 0.0625. The summed E-state index contributed by atoms with van der Waals surface area (Å²) in [5, 5.41) is 23.4. The van der Waals surface area contributed by atoms with Crippen LogP contribution in [0.25, 0.3) is 10.6 Å². The number of H-pyrrole nitrogens is 1. The number of hydrazone groups is 1. The van der Waals surface area contributed by atoms with Gasteiger partial charge in [-0.15, -0.1) is 11.3 Å². The molecular weight excluding hydrogens is 342 g/mol. The van der Waals surface area contributed by atoms with Crippen molar-refractivity contribution in [1.82, 2.24) is 15.6 Å². The quantitative estimate of drug-likeness (QED) is 0.415. The Labute approximate surface area is 146 Å². The van der Waals surface area contributed by atoms with Gasteiger partial charge in [0.05, 0.1) is 21.2 Å². The maximum Gasteiger partial charge on any atom is 0.291 e. The average Bonchev–Trinajstić information content (AvgIpc) is 3.30. The minimum absolute atomic E-state index is 0.00165. The number of hydrogen-bond acceptors (Lipinski definition) is 6. The second-order valence-electron chi connectivity index (χ2n) is 5.09. The van der Waals surface area contributed by atoms with Crippen molar-refractivity contribution in [2.45, 2.75) is 6.92 Å². The topological polar surface area (TPSA) is 113 Å². The molecular formula is C16H13N5O3S. The van der Waals surface area contributed by atoms with E-state index in [0.717, 1.165) is 10.6 Å². The van der Waals surface area contributed by atoms with Gasteiger partial charge in [0, 0.05) is 12.1 Å². The number of nitro benzene ring substituents is 1. The molecule has 0 aliphatic rings. The zero-order valence-electron chi connectivity index (χ0n) is 13.1. The molecule has 0 saturated carbocycles. The lowest BCUT2D eigenvalue weighted by Crippen LogP contribution is -2.19. The van der Waals surface area contributed by atoms with Crippen LogP contribution in [0.4, 0.5) is 5.69 Å². The van der Waals surface area contributed by atoms with Crippen molar-refractivity contribution in [2.24, 2.45) is 5.10 Å². The molecule has 2 heterocycles. The molecule has 0 fully saturated rings. The lowest BCUT2D eigenvalue weighted by atomic mass is 10.1. The monoisotopic (exact) mass is 355 g/mol. The largest absolute Gasteiger partial charge is 0.291 e. The van der Waals surface area contributed by atoms with E-state index < -0.39 is 10.8 Å². The van der Waals surface area contributed by atoms with Crippen LogP contribution in [0.2, 0.25) is 0 Å². The lowest BCUT2D eigenvalue weighted by molar-refractivity contribution is -0.384. The molecule has 0 aliphatic carbocycles. The summed E-state index contributed by atoms with van der Waals surface area (Å²) >= 11 is 1.54. The molecule has 1 aromatic carbocycles. The predicted octanol–water partition coefficient (Wildman–Crippen LogP) is 3.20. The van der Waals surface area contributed by atoms with Crippen molar-refractivity contribution >= 4 is 28.6 Å². The SMILES string of the molecule is C/C(=N\NC(=O)c1cc(-c2cccs2)[nH]n1)c1ccc([N+](=O)[O-])cc1. The Bertz CT molecular complexity index is 929. The molecule has 0 atom stereocenters. The Balaban J connectivity index is 1.68. The maximum atomic E-state index is 12.1. The highest BCUT2D eigenvalue weighted by Crippen LogP contribution is 2.22. The van der Waals surface area contributed by atoms with Crippen LogP contribution in [0.1, 0.15) is 23.0 Å². The Kier molecular flexibility index (Phi) is 4.66. The fourth-order valence-corrected chi connectivity index (χ4v) is 2.77. The zero-order valence-corrected chi connectivity index (χ0v) is 13.9. The minimum atomic E-state index is -0.471. The van der Waals surface area contributed by atoms with Gasteiger partial charge in [-0.05, 0) is 42.1 Å². The standard InChI is InChI=1S/C16H13N5O3S/c1-10(11-4-6-12(7-5-11)21(23)24)17-20-16(22)14-9-13(18-19-14)15-3-2-8-25-15/h2-9H,1H3,(H,18,19)(H,20,22)/b17-10+. The van der Waals surface area contributed by atoms with Crippen LogP contribution >= 0.6 is 11.3 Å². The normalized spacial score (nSPS) is 11.3. The lowest BCUT2D eigenvalue weighted by Gasteiger charge is -2.01. The summed E-state index contributed by atoms with van der Waals surface area (Å²) < 4.78 is 0. The summed E-state index contributed by atoms with van der Waals surface area (Å²) in [6.45, 7) is 1.70. The molecule has 2 aromatic heterocycles. The molecule has 0 bridgehead atoms. The van der Waals surface area contributed by atoms with Gasteiger partial charge in [-0.25, -0.2) is 5.43 Å². The molecule has 25 heavy (non-hydrogen) atoms. The van der Waals surface area contributed by atoms with E-state index in [0.29, 0.717) is 11.3 Å². The van der Waals surface area contributed by atoms with Crippen molar-refractivity contribution in [2.75, 3.05) is 0 Å². The molecule has 9 heteroatoms. The second kappa shape index (κ2) is 7.05. The van der Waals surface area contributed by atoms with Crippen molar-refractivity contribution in [3.63, 3.8) is 0 Å². The Morgan fingerprint density at radius 1 is 1.32 bits per heavy atom. The van der Waals surface area contributed by atoms with Gasteiger partial charge in [0.1, 0.15) is 0 Å². The third-order valence-corrected chi connectivity index (χ3v) is 4.32. The van der Waals surface area contributed by atoms with Crippen LogP contribution < -0.4 is 5.43 Å². The number of hydrogen-bond donors (Lipinski definition) is 2. The number of aromatic amines is 1. The van der Waals surface area contributed by atoms with E-state index in [1.807, 2.05) is 17.5 Å². The molecule has 3 rings (SSSR count). The van der Waals surface area contributed by atoms with Gasteiger partial charge in [-0.3, -0.25) is 20.0 Å². The van der Waals surface area contributed by atoms with Gasteiger partial charge in [0.25, 0.3) is 11.6 Å². The van der Waals surface area contributed by atoms with E-state index in [1.165, 1.54) is 12.1 Å². The number of nitro groups is 1.